The molecule has 2 rings (SSSR count). The van der Waals surface area contributed by atoms with Gasteiger partial charge in [-0.2, -0.15) is 39.5 Å². The minimum Gasteiger partial charge on any atom is -0.299 e. The third-order valence-electron chi connectivity index (χ3n) is 5.44. The maximum absolute atomic E-state index is 14.9. The van der Waals surface area contributed by atoms with Gasteiger partial charge in [-0.1, -0.05) is 42.3 Å². The number of benzene rings is 2. The Kier molecular flexibility index (Phi) is 10.4. The first-order valence-electron chi connectivity index (χ1n) is 11.0. The molecule has 2 nitrogen and oxygen atoms in total. The number of halogens is 13. The largest absolute Gasteiger partial charge is 0.417 e. The first-order valence-corrected chi connectivity index (χ1v) is 11.8. The molecule has 0 N–H and O–H groups in total. The van der Waals surface area contributed by atoms with Crippen LogP contribution in [0.1, 0.15) is 59.2 Å². The average Bonchev–Trinajstić information content (AvgIpc) is 2.77. The number of alkyl halides is 9. The molecule has 0 aliphatic carbocycles. The fraction of sp³-hybridized carbons (Fsp3) is 0.360. The molecular weight excluding hydrogens is 612 g/mol. The minimum atomic E-state index is -5.29. The fourth-order valence-corrected chi connectivity index (χ4v) is 4.23. The maximum atomic E-state index is 14.9. The Balaban J connectivity index is 2.44. The molecule has 2 aromatic carbocycles. The van der Waals surface area contributed by atoms with Crippen LogP contribution >= 0.6 is 23.2 Å². The lowest BCUT2D eigenvalue weighted by Gasteiger charge is -2.19. The van der Waals surface area contributed by atoms with Crippen LogP contribution in [0.5, 0.6) is 0 Å². The zero-order valence-corrected chi connectivity index (χ0v) is 21.5. The van der Waals surface area contributed by atoms with Gasteiger partial charge in [-0.05, 0) is 35.8 Å². The second-order valence-corrected chi connectivity index (χ2v) is 9.67. The molecule has 0 aliphatic rings. The number of Topliss-reactive ketones (excluding diaryl/α,β-unsaturated/α-hetero) is 2. The number of carbonyl (C=O) groups excluding carboxylic acids is 2. The third kappa shape index (κ3) is 9.18. The van der Waals surface area contributed by atoms with E-state index in [1.807, 2.05) is 0 Å². The Morgan fingerprint density at radius 1 is 0.900 bits per heavy atom. The van der Waals surface area contributed by atoms with Crippen LogP contribution in [-0.4, -0.2) is 23.9 Å². The Bertz CT molecular complexity index is 1270. The molecule has 0 fully saturated rings. The van der Waals surface area contributed by atoms with Crippen molar-refractivity contribution in [2.24, 2.45) is 5.92 Å². The lowest BCUT2D eigenvalue weighted by Crippen LogP contribution is -2.20. The molecule has 0 aliphatic heterocycles. The molecule has 0 spiro atoms. The standard InChI is InChI=1S/C25H17Cl2F11O2/c1-11(4-14(39)10-23(30,31)32)5-21(40)15-3-2-12(6-17(15)25(36,37)38)20(28)9-16(24(33,34)35)13-7-18(26)22(29)19(27)8-13/h2-3,6-9,11,16H,4-5,10H2,1H3/b20-9-/t11-,16?/m1/s1. The molecule has 15 heteroatoms. The Morgan fingerprint density at radius 3 is 1.93 bits per heavy atom. The van der Waals surface area contributed by atoms with E-state index in [1.54, 1.807) is 0 Å². The van der Waals surface area contributed by atoms with Gasteiger partial charge in [0.15, 0.2) is 11.6 Å². The van der Waals surface area contributed by atoms with E-state index in [0.29, 0.717) is 24.3 Å². The van der Waals surface area contributed by atoms with Crippen molar-refractivity contribution in [2.75, 3.05) is 0 Å². The van der Waals surface area contributed by atoms with Crippen LogP contribution in [0.15, 0.2) is 36.4 Å². The molecule has 2 aromatic rings. The van der Waals surface area contributed by atoms with E-state index in [2.05, 4.69) is 0 Å². The predicted molar refractivity (Wildman–Crippen MR) is 124 cm³/mol. The van der Waals surface area contributed by atoms with E-state index in [-0.39, 0.29) is 12.1 Å². The smallest absolute Gasteiger partial charge is 0.299 e. The number of carbonyl (C=O) groups is 2. The van der Waals surface area contributed by atoms with Crippen LogP contribution in [0, 0.1) is 11.7 Å². The molecule has 2 atom stereocenters. The quantitative estimate of drug-likeness (QED) is 0.157. The van der Waals surface area contributed by atoms with Crippen LogP contribution in [0.25, 0.3) is 5.83 Å². The summed E-state index contributed by atoms with van der Waals surface area (Å²) in [6, 6.07) is 2.25. The van der Waals surface area contributed by atoms with Gasteiger partial charge in [0.05, 0.1) is 15.6 Å². The fourth-order valence-electron chi connectivity index (χ4n) is 3.73. The molecular formula is C25H17Cl2F11O2. The van der Waals surface area contributed by atoms with E-state index in [4.69, 9.17) is 23.2 Å². The Labute approximate surface area is 229 Å². The summed E-state index contributed by atoms with van der Waals surface area (Å²) in [6.07, 6.45) is -18.7. The summed E-state index contributed by atoms with van der Waals surface area (Å²) in [5, 5.41) is -1.63. The van der Waals surface area contributed by atoms with Gasteiger partial charge in [0.25, 0.3) is 0 Å². The van der Waals surface area contributed by atoms with Crippen molar-refractivity contribution in [3.05, 3.63) is 74.5 Å². The summed E-state index contributed by atoms with van der Waals surface area (Å²) in [5.74, 6) is -9.44. The van der Waals surface area contributed by atoms with Crippen molar-refractivity contribution in [3.63, 3.8) is 0 Å². The molecule has 0 bridgehead atoms. The summed E-state index contributed by atoms with van der Waals surface area (Å²) in [4.78, 5) is 24.0. The van der Waals surface area contributed by atoms with E-state index in [9.17, 15) is 57.9 Å². The molecule has 1 unspecified atom stereocenters. The van der Waals surface area contributed by atoms with Crippen LogP contribution in [0.4, 0.5) is 48.3 Å². The van der Waals surface area contributed by atoms with Gasteiger partial charge in [-0.15, -0.1) is 0 Å². The highest BCUT2D eigenvalue weighted by atomic mass is 35.5. The molecule has 220 valence electrons. The molecule has 0 aromatic heterocycles. The number of allylic oxidation sites excluding steroid dienone is 1. The summed E-state index contributed by atoms with van der Waals surface area (Å²) in [6.45, 7) is 1.17. The zero-order valence-electron chi connectivity index (χ0n) is 20.0. The SMILES string of the molecule is C[C@H](CC(=O)CC(F)(F)F)CC(=O)c1ccc(/C(F)=C/C(c2cc(Cl)c(F)c(Cl)c2)C(F)(F)F)cc1C(F)(F)F. The van der Waals surface area contributed by atoms with Crippen LogP contribution in [0.3, 0.4) is 0 Å². The predicted octanol–water partition coefficient (Wildman–Crippen LogP) is 9.93. The number of rotatable bonds is 9. The summed E-state index contributed by atoms with van der Waals surface area (Å²) >= 11 is 11.0. The second kappa shape index (κ2) is 12.5. The molecule has 40 heavy (non-hydrogen) atoms. The number of hydrogen-bond acceptors (Lipinski definition) is 2. The van der Waals surface area contributed by atoms with Crippen molar-refractivity contribution in [1.82, 2.24) is 0 Å². The monoisotopic (exact) mass is 628 g/mol. The Morgan fingerprint density at radius 2 is 1.45 bits per heavy atom. The van der Waals surface area contributed by atoms with Gasteiger partial charge < -0.3 is 0 Å². The van der Waals surface area contributed by atoms with E-state index >= 15 is 0 Å². The summed E-state index contributed by atoms with van der Waals surface area (Å²) < 4.78 is 148. The van der Waals surface area contributed by atoms with E-state index in [1.165, 1.54) is 6.92 Å². The highest BCUT2D eigenvalue weighted by Gasteiger charge is 2.41. The first-order chi connectivity index (χ1) is 18.1. The van der Waals surface area contributed by atoms with Crippen molar-refractivity contribution < 1.29 is 57.9 Å². The summed E-state index contributed by atoms with van der Waals surface area (Å²) in [7, 11) is 0. The highest BCUT2D eigenvalue weighted by molar-refractivity contribution is 6.35. The van der Waals surface area contributed by atoms with E-state index in [0.717, 1.165) is 0 Å². The van der Waals surface area contributed by atoms with E-state index < -0.39 is 105 Å². The van der Waals surface area contributed by atoms with Crippen LogP contribution < -0.4 is 0 Å². The van der Waals surface area contributed by atoms with Gasteiger partial charge in [0.1, 0.15) is 23.9 Å². The van der Waals surface area contributed by atoms with Crippen molar-refractivity contribution >= 4 is 40.6 Å². The van der Waals surface area contributed by atoms with Gasteiger partial charge >= 0.3 is 18.5 Å². The molecule has 0 saturated carbocycles. The van der Waals surface area contributed by atoms with Gasteiger partial charge in [-0.25, -0.2) is 8.78 Å². The zero-order chi connectivity index (χ0) is 30.8. The van der Waals surface area contributed by atoms with Crippen molar-refractivity contribution in [1.29, 1.82) is 0 Å². The molecule has 0 radical (unpaired) electrons. The first kappa shape index (κ1) is 33.5. The topological polar surface area (TPSA) is 34.1 Å². The number of hydrogen-bond donors (Lipinski definition) is 0. The minimum absolute atomic E-state index is 0.0782. The van der Waals surface area contributed by atoms with Crippen LogP contribution in [0.2, 0.25) is 10.0 Å². The second-order valence-electron chi connectivity index (χ2n) is 8.86. The van der Waals surface area contributed by atoms with Crippen molar-refractivity contribution in [3.8, 4) is 0 Å². The number of ketones is 2. The van der Waals surface area contributed by atoms with Gasteiger partial charge in [0.2, 0.25) is 0 Å². The highest BCUT2D eigenvalue weighted by Crippen LogP contribution is 2.42. The van der Waals surface area contributed by atoms with Gasteiger partial charge in [-0.3, -0.25) is 9.59 Å². The maximum Gasteiger partial charge on any atom is 0.417 e. The summed E-state index contributed by atoms with van der Waals surface area (Å²) in [5.41, 5.74) is -4.55. The third-order valence-corrected chi connectivity index (χ3v) is 5.99. The normalized spacial score (nSPS) is 14.7. The average molecular weight is 629 g/mol. The van der Waals surface area contributed by atoms with Gasteiger partial charge in [0, 0.05) is 24.0 Å². The van der Waals surface area contributed by atoms with Crippen molar-refractivity contribution in [2.45, 2.75) is 50.6 Å². The molecule has 0 amide bonds. The lowest BCUT2D eigenvalue weighted by atomic mass is 9.91. The molecule has 0 saturated heterocycles. The Hall–Kier alpha value is -2.67. The lowest BCUT2D eigenvalue weighted by molar-refractivity contribution is -0.152. The van der Waals surface area contributed by atoms with Crippen LogP contribution in [-0.2, 0) is 11.0 Å². The molecule has 0 heterocycles.